The standard InChI is InChI=1S/C17H23F2N5O2/c1-4-25-15-9-12(5-6-14(15)26-16(18)19)10-21-17(20-2)22-11-13-7-8-23-24(13)3/h5-9,16H,4,10-11H2,1-3H3,(H2,20,21,22). The van der Waals surface area contributed by atoms with Crippen LogP contribution in [0.5, 0.6) is 11.5 Å². The van der Waals surface area contributed by atoms with Gasteiger partial charge in [-0.25, -0.2) is 0 Å². The van der Waals surface area contributed by atoms with Gasteiger partial charge in [-0.15, -0.1) is 0 Å². The number of aliphatic imine (C=N–C) groups is 1. The second-order valence-electron chi connectivity index (χ2n) is 5.32. The first-order chi connectivity index (χ1) is 12.5. The minimum atomic E-state index is -2.90. The molecule has 2 rings (SSSR count). The van der Waals surface area contributed by atoms with Gasteiger partial charge in [0, 0.05) is 26.8 Å². The molecule has 0 saturated heterocycles. The second kappa shape index (κ2) is 9.59. The van der Waals surface area contributed by atoms with Gasteiger partial charge in [0.15, 0.2) is 17.5 Å². The van der Waals surface area contributed by atoms with E-state index in [4.69, 9.17) is 4.74 Å². The lowest BCUT2D eigenvalue weighted by atomic mass is 10.2. The van der Waals surface area contributed by atoms with Crippen LogP contribution in [0, 0.1) is 0 Å². The molecule has 0 radical (unpaired) electrons. The number of guanidine groups is 1. The molecule has 0 aliphatic rings. The van der Waals surface area contributed by atoms with Gasteiger partial charge in [0.1, 0.15) is 0 Å². The molecular formula is C17H23F2N5O2. The van der Waals surface area contributed by atoms with Crippen molar-refractivity contribution < 1.29 is 18.3 Å². The van der Waals surface area contributed by atoms with E-state index in [-0.39, 0.29) is 11.5 Å². The molecule has 0 aliphatic heterocycles. The predicted molar refractivity (Wildman–Crippen MR) is 94.5 cm³/mol. The van der Waals surface area contributed by atoms with Crippen molar-refractivity contribution in [1.29, 1.82) is 0 Å². The smallest absolute Gasteiger partial charge is 0.387 e. The Morgan fingerprint density at radius 3 is 2.62 bits per heavy atom. The normalized spacial score (nSPS) is 11.5. The molecule has 0 amide bonds. The van der Waals surface area contributed by atoms with Gasteiger partial charge >= 0.3 is 6.61 Å². The number of nitrogens with one attached hydrogen (secondary N) is 2. The van der Waals surface area contributed by atoms with Gasteiger partial charge in [0.05, 0.1) is 18.8 Å². The Bertz CT molecular complexity index is 734. The average molecular weight is 367 g/mol. The van der Waals surface area contributed by atoms with E-state index in [1.54, 1.807) is 37.0 Å². The molecule has 1 aromatic heterocycles. The summed E-state index contributed by atoms with van der Waals surface area (Å²) in [6.45, 7) is 0.251. The number of nitrogens with zero attached hydrogens (tertiary/aromatic N) is 3. The van der Waals surface area contributed by atoms with Crippen molar-refractivity contribution in [3.05, 3.63) is 41.7 Å². The van der Waals surface area contributed by atoms with Gasteiger partial charge in [0.25, 0.3) is 0 Å². The van der Waals surface area contributed by atoms with E-state index in [2.05, 4.69) is 25.5 Å². The number of halogens is 2. The molecule has 0 atom stereocenters. The van der Waals surface area contributed by atoms with E-state index < -0.39 is 6.61 Å². The van der Waals surface area contributed by atoms with Gasteiger partial charge in [0.2, 0.25) is 0 Å². The molecule has 1 heterocycles. The van der Waals surface area contributed by atoms with E-state index in [0.717, 1.165) is 11.3 Å². The Balaban J connectivity index is 1.96. The lowest BCUT2D eigenvalue weighted by Crippen LogP contribution is -2.36. The Morgan fingerprint density at radius 1 is 1.23 bits per heavy atom. The summed E-state index contributed by atoms with van der Waals surface area (Å²) in [6, 6.07) is 6.75. The molecule has 1 aromatic carbocycles. The fraction of sp³-hybridized carbons (Fsp3) is 0.412. The third-order valence-electron chi connectivity index (χ3n) is 3.57. The monoisotopic (exact) mass is 367 g/mol. The SMILES string of the molecule is CCOc1cc(CNC(=NC)NCc2ccnn2C)ccc1OC(F)F. The van der Waals surface area contributed by atoms with Gasteiger partial charge in [-0.1, -0.05) is 6.07 Å². The van der Waals surface area contributed by atoms with Crippen LogP contribution in [0.1, 0.15) is 18.2 Å². The topological polar surface area (TPSA) is 72.7 Å². The summed E-state index contributed by atoms with van der Waals surface area (Å²) in [4.78, 5) is 4.16. The molecule has 0 fully saturated rings. The highest BCUT2D eigenvalue weighted by atomic mass is 19.3. The maximum absolute atomic E-state index is 12.5. The molecular weight excluding hydrogens is 344 g/mol. The third-order valence-corrected chi connectivity index (χ3v) is 3.57. The van der Waals surface area contributed by atoms with Crippen molar-refractivity contribution in [2.45, 2.75) is 26.6 Å². The highest BCUT2D eigenvalue weighted by molar-refractivity contribution is 5.79. The van der Waals surface area contributed by atoms with Crippen LogP contribution in [-0.4, -0.2) is 36.0 Å². The molecule has 0 aliphatic carbocycles. The van der Waals surface area contributed by atoms with E-state index >= 15 is 0 Å². The quantitative estimate of drug-likeness (QED) is 0.553. The lowest BCUT2D eigenvalue weighted by Gasteiger charge is -2.15. The highest BCUT2D eigenvalue weighted by Gasteiger charge is 2.12. The molecule has 0 unspecified atom stereocenters. The van der Waals surface area contributed by atoms with Crippen molar-refractivity contribution in [3.63, 3.8) is 0 Å². The largest absolute Gasteiger partial charge is 0.490 e. The summed E-state index contributed by atoms with van der Waals surface area (Å²) in [5, 5.41) is 10.5. The minimum Gasteiger partial charge on any atom is -0.490 e. The van der Waals surface area contributed by atoms with Crippen LogP contribution in [-0.2, 0) is 20.1 Å². The number of hydrogen-bond donors (Lipinski definition) is 2. The van der Waals surface area contributed by atoms with Gasteiger partial charge in [-0.3, -0.25) is 9.67 Å². The molecule has 142 valence electrons. The summed E-state index contributed by atoms with van der Waals surface area (Å²) < 4.78 is 36.5. The Labute approximate surface area is 151 Å². The molecule has 0 bridgehead atoms. The number of benzene rings is 1. The van der Waals surface area contributed by atoms with E-state index in [9.17, 15) is 8.78 Å². The summed E-state index contributed by atoms with van der Waals surface area (Å²) in [5.41, 5.74) is 1.86. The number of aryl methyl sites for hydroxylation is 1. The van der Waals surface area contributed by atoms with Crippen LogP contribution in [0.2, 0.25) is 0 Å². The predicted octanol–water partition coefficient (Wildman–Crippen LogP) is 2.29. The number of alkyl halides is 2. The maximum atomic E-state index is 12.5. The van der Waals surface area contributed by atoms with Crippen LogP contribution >= 0.6 is 0 Å². The Kier molecular flexibility index (Phi) is 7.19. The number of hydrogen-bond acceptors (Lipinski definition) is 4. The summed E-state index contributed by atoms with van der Waals surface area (Å²) in [6.07, 6.45) is 1.73. The third kappa shape index (κ3) is 5.61. The fourth-order valence-electron chi connectivity index (χ4n) is 2.28. The molecule has 7 nitrogen and oxygen atoms in total. The van der Waals surface area contributed by atoms with Crippen LogP contribution in [0.4, 0.5) is 8.78 Å². The lowest BCUT2D eigenvalue weighted by molar-refractivity contribution is -0.0514. The molecule has 0 spiro atoms. The number of ether oxygens (including phenoxy) is 2. The summed E-state index contributed by atoms with van der Waals surface area (Å²) in [5.74, 6) is 0.909. The van der Waals surface area contributed by atoms with Crippen molar-refractivity contribution in [2.24, 2.45) is 12.0 Å². The van der Waals surface area contributed by atoms with E-state index in [1.165, 1.54) is 6.07 Å². The highest BCUT2D eigenvalue weighted by Crippen LogP contribution is 2.29. The zero-order valence-corrected chi connectivity index (χ0v) is 15.0. The van der Waals surface area contributed by atoms with Gasteiger partial charge in [-0.05, 0) is 30.7 Å². The van der Waals surface area contributed by atoms with E-state index in [0.29, 0.717) is 25.7 Å². The van der Waals surface area contributed by atoms with Crippen molar-refractivity contribution in [1.82, 2.24) is 20.4 Å². The molecule has 2 aromatic rings. The average Bonchev–Trinajstić information content (AvgIpc) is 3.02. The first-order valence-electron chi connectivity index (χ1n) is 8.15. The van der Waals surface area contributed by atoms with Crippen molar-refractivity contribution in [2.75, 3.05) is 13.7 Å². The van der Waals surface area contributed by atoms with Crippen molar-refractivity contribution >= 4 is 5.96 Å². The number of aromatic nitrogens is 2. The fourth-order valence-corrected chi connectivity index (χ4v) is 2.28. The van der Waals surface area contributed by atoms with Crippen LogP contribution < -0.4 is 20.1 Å². The second-order valence-corrected chi connectivity index (χ2v) is 5.32. The molecule has 0 saturated carbocycles. The Hall–Kier alpha value is -2.84. The molecule has 9 heteroatoms. The Morgan fingerprint density at radius 2 is 2.00 bits per heavy atom. The molecule has 2 N–H and O–H groups in total. The van der Waals surface area contributed by atoms with Crippen LogP contribution in [0.25, 0.3) is 0 Å². The van der Waals surface area contributed by atoms with Crippen LogP contribution in [0.3, 0.4) is 0 Å². The zero-order valence-electron chi connectivity index (χ0n) is 15.0. The van der Waals surface area contributed by atoms with Gasteiger partial charge < -0.3 is 20.1 Å². The first-order valence-corrected chi connectivity index (χ1v) is 8.15. The molecule has 26 heavy (non-hydrogen) atoms. The van der Waals surface area contributed by atoms with Gasteiger partial charge in [-0.2, -0.15) is 13.9 Å². The zero-order chi connectivity index (χ0) is 18.9. The maximum Gasteiger partial charge on any atom is 0.387 e. The number of rotatable bonds is 8. The summed E-state index contributed by atoms with van der Waals surface area (Å²) in [7, 11) is 3.54. The van der Waals surface area contributed by atoms with E-state index in [1.807, 2.05) is 13.1 Å². The minimum absolute atomic E-state index is 0.0179. The summed E-state index contributed by atoms with van der Waals surface area (Å²) >= 11 is 0. The van der Waals surface area contributed by atoms with Crippen LogP contribution in [0.15, 0.2) is 35.5 Å². The van der Waals surface area contributed by atoms with Crippen molar-refractivity contribution in [3.8, 4) is 11.5 Å². The first kappa shape index (κ1) is 19.5.